The Labute approximate surface area is 157 Å². The fraction of sp³-hybridized carbons (Fsp3) is 0.300. The summed E-state index contributed by atoms with van der Waals surface area (Å²) in [6, 6.07) is 14.1. The fourth-order valence-corrected chi connectivity index (χ4v) is 3.83. The summed E-state index contributed by atoms with van der Waals surface area (Å²) < 4.78 is 5.61. The van der Waals surface area contributed by atoms with Crippen LogP contribution in [0.1, 0.15) is 16.8 Å². The molecule has 0 unspecified atom stereocenters. The van der Waals surface area contributed by atoms with E-state index in [-0.39, 0.29) is 0 Å². The summed E-state index contributed by atoms with van der Waals surface area (Å²) in [7, 11) is 0. The zero-order valence-electron chi connectivity index (χ0n) is 14.5. The molecular formula is C20H20N4OS. The van der Waals surface area contributed by atoms with Crippen molar-refractivity contribution in [2.75, 3.05) is 26.2 Å². The van der Waals surface area contributed by atoms with Gasteiger partial charge in [-0.25, -0.2) is 4.98 Å². The first-order valence-electron chi connectivity index (χ1n) is 8.72. The van der Waals surface area contributed by atoms with Gasteiger partial charge in [-0.1, -0.05) is 18.2 Å². The molecule has 6 heteroatoms. The van der Waals surface area contributed by atoms with Crippen molar-refractivity contribution in [3.63, 3.8) is 0 Å². The quantitative estimate of drug-likeness (QED) is 0.692. The van der Waals surface area contributed by atoms with E-state index in [1.54, 1.807) is 17.6 Å². The molecule has 1 saturated heterocycles. The van der Waals surface area contributed by atoms with E-state index in [1.807, 2.05) is 41.8 Å². The molecule has 0 spiro atoms. The van der Waals surface area contributed by atoms with Gasteiger partial charge >= 0.3 is 0 Å². The van der Waals surface area contributed by atoms with E-state index in [0.717, 1.165) is 55.7 Å². The van der Waals surface area contributed by atoms with Crippen LogP contribution in [0.15, 0.2) is 52.5 Å². The standard InChI is InChI=1S/C20H20N4OS/c21-12-16-3-5-17(6-4-16)13-23-7-9-24(10-8-23)14-18-15-25-20(22-18)19-2-1-11-26-19/h1-6,11,15H,7-10,13-14H2. The zero-order chi connectivity index (χ0) is 17.8. The third-order valence-electron chi connectivity index (χ3n) is 4.62. The summed E-state index contributed by atoms with van der Waals surface area (Å²) in [5.74, 6) is 0.717. The van der Waals surface area contributed by atoms with Gasteiger partial charge < -0.3 is 4.42 Å². The molecule has 2 aromatic heterocycles. The Balaban J connectivity index is 1.27. The molecule has 0 saturated carbocycles. The molecule has 3 heterocycles. The van der Waals surface area contributed by atoms with Gasteiger partial charge in [0.15, 0.2) is 0 Å². The molecule has 5 nitrogen and oxygen atoms in total. The van der Waals surface area contributed by atoms with E-state index in [4.69, 9.17) is 9.68 Å². The van der Waals surface area contributed by atoms with Crippen LogP contribution in [0, 0.1) is 11.3 Å². The molecule has 0 radical (unpaired) electrons. The maximum atomic E-state index is 8.88. The fourth-order valence-electron chi connectivity index (χ4n) is 3.17. The van der Waals surface area contributed by atoms with Crippen LogP contribution in [0.3, 0.4) is 0 Å². The topological polar surface area (TPSA) is 56.3 Å². The predicted molar refractivity (Wildman–Crippen MR) is 102 cm³/mol. The number of piperazine rings is 1. The van der Waals surface area contributed by atoms with Crippen LogP contribution < -0.4 is 0 Å². The molecular weight excluding hydrogens is 344 g/mol. The van der Waals surface area contributed by atoms with Crippen LogP contribution in [0.2, 0.25) is 0 Å². The Hall–Kier alpha value is -2.46. The zero-order valence-corrected chi connectivity index (χ0v) is 15.3. The smallest absolute Gasteiger partial charge is 0.236 e. The maximum absolute atomic E-state index is 8.88. The number of thiophene rings is 1. The monoisotopic (exact) mass is 364 g/mol. The second-order valence-electron chi connectivity index (χ2n) is 6.48. The van der Waals surface area contributed by atoms with Crippen LogP contribution in [0.25, 0.3) is 10.8 Å². The molecule has 0 amide bonds. The third-order valence-corrected chi connectivity index (χ3v) is 5.48. The van der Waals surface area contributed by atoms with Gasteiger partial charge in [-0.05, 0) is 29.1 Å². The highest BCUT2D eigenvalue weighted by Gasteiger charge is 2.18. The minimum atomic E-state index is 0.716. The summed E-state index contributed by atoms with van der Waals surface area (Å²) in [5, 5.41) is 10.9. The van der Waals surface area contributed by atoms with Crippen molar-refractivity contribution in [3.05, 3.63) is 64.9 Å². The van der Waals surface area contributed by atoms with Crippen molar-refractivity contribution in [3.8, 4) is 16.8 Å². The number of hydrogen-bond donors (Lipinski definition) is 0. The van der Waals surface area contributed by atoms with Gasteiger partial charge in [0.05, 0.1) is 22.2 Å². The van der Waals surface area contributed by atoms with Crippen LogP contribution in [0.4, 0.5) is 0 Å². The first-order valence-corrected chi connectivity index (χ1v) is 9.60. The average molecular weight is 364 g/mol. The van der Waals surface area contributed by atoms with Crippen LogP contribution >= 0.6 is 11.3 Å². The Morgan fingerprint density at radius 2 is 1.77 bits per heavy atom. The van der Waals surface area contributed by atoms with E-state index in [0.29, 0.717) is 5.56 Å². The minimum Gasteiger partial charge on any atom is -0.444 e. The number of oxazole rings is 1. The van der Waals surface area contributed by atoms with Crippen molar-refractivity contribution in [1.82, 2.24) is 14.8 Å². The van der Waals surface area contributed by atoms with Crippen molar-refractivity contribution in [2.45, 2.75) is 13.1 Å². The van der Waals surface area contributed by atoms with Gasteiger partial charge in [0.1, 0.15) is 6.26 Å². The molecule has 0 N–H and O–H groups in total. The molecule has 1 aromatic carbocycles. The number of rotatable bonds is 5. The molecule has 0 atom stereocenters. The molecule has 1 fully saturated rings. The molecule has 0 aliphatic carbocycles. The Bertz CT molecular complexity index is 871. The highest BCUT2D eigenvalue weighted by Crippen LogP contribution is 2.24. The predicted octanol–water partition coefficient (Wildman–Crippen LogP) is 3.59. The first-order chi connectivity index (χ1) is 12.8. The lowest BCUT2D eigenvalue weighted by atomic mass is 10.1. The van der Waals surface area contributed by atoms with Gasteiger partial charge in [0.25, 0.3) is 0 Å². The molecule has 1 aliphatic heterocycles. The molecule has 4 rings (SSSR count). The number of hydrogen-bond acceptors (Lipinski definition) is 6. The van der Waals surface area contributed by atoms with Gasteiger partial charge in [-0.3, -0.25) is 9.80 Å². The van der Waals surface area contributed by atoms with Crippen molar-refractivity contribution < 1.29 is 4.42 Å². The lowest BCUT2D eigenvalue weighted by Gasteiger charge is -2.34. The van der Waals surface area contributed by atoms with E-state index in [9.17, 15) is 0 Å². The first kappa shape index (κ1) is 17.0. The largest absolute Gasteiger partial charge is 0.444 e. The van der Waals surface area contributed by atoms with Crippen molar-refractivity contribution in [2.24, 2.45) is 0 Å². The van der Waals surface area contributed by atoms with Crippen molar-refractivity contribution >= 4 is 11.3 Å². The second-order valence-corrected chi connectivity index (χ2v) is 7.43. The maximum Gasteiger partial charge on any atom is 0.236 e. The molecule has 1 aliphatic rings. The van der Waals surface area contributed by atoms with Crippen molar-refractivity contribution in [1.29, 1.82) is 5.26 Å². The SMILES string of the molecule is N#Cc1ccc(CN2CCN(Cc3coc(-c4cccs4)n3)CC2)cc1. The van der Waals surface area contributed by atoms with Crippen LogP contribution in [-0.2, 0) is 13.1 Å². The Morgan fingerprint density at radius 1 is 1.04 bits per heavy atom. The lowest BCUT2D eigenvalue weighted by Crippen LogP contribution is -2.45. The van der Waals surface area contributed by atoms with Gasteiger partial charge in [-0.2, -0.15) is 5.26 Å². The van der Waals surface area contributed by atoms with Crippen LogP contribution in [0.5, 0.6) is 0 Å². The number of nitrogens with zero attached hydrogens (tertiary/aromatic N) is 4. The van der Waals surface area contributed by atoms with Gasteiger partial charge in [0, 0.05) is 39.3 Å². The summed E-state index contributed by atoms with van der Waals surface area (Å²) in [6.07, 6.45) is 1.78. The van der Waals surface area contributed by atoms with E-state index in [1.165, 1.54) is 5.56 Å². The minimum absolute atomic E-state index is 0.716. The molecule has 0 bridgehead atoms. The van der Waals surface area contributed by atoms with E-state index >= 15 is 0 Å². The van der Waals surface area contributed by atoms with E-state index in [2.05, 4.69) is 20.9 Å². The Kier molecular flexibility index (Phi) is 5.12. The van der Waals surface area contributed by atoms with Gasteiger partial charge in [0.2, 0.25) is 5.89 Å². The highest BCUT2D eigenvalue weighted by atomic mass is 32.1. The summed E-state index contributed by atoms with van der Waals surface area (Å²) >= 11 is 1.64. The summed E-state index contributed by atoms with van der Waals surface area (Å²) in [6.45, 7) is 5.89. The third kappa shape index (κ3) is 4.02. The normalized spacial score (nSPS) is 15.8. The molecule has 26 heavy (non-hydrogen) atoms. The lowest BCUT2D eigenvalue weighted by molar-refractivity contribution is 0.121. The van der Waals surface area contributed by atoms with Gasteiger partial charge in [-0.15, -0.1) is 11.3 Å². The highest BCUT2D eigenvalue weighted by molar-refractivity contribution is 7.13. The van der Waals surface area contributed by atoms with Crippen LogP contribution in [-0.4, -0.2) is 41.0 Å². The van der Waals surface area contributed by atoms with E-state index < -0.39 is 0 Å². The summed E-state index contributed by atoms with van der Waals surface area (Å²) in [4.78, 5) is 10.6. The molecule has 132 valence electrons. The second kappa shape index (κ2) is 7.83. The number of nitriles is 1. The average Bonchev–Trinajstić information content (AvgIpc) is 3.36. The number of aromatic nitrogens is 1. The molecule has 3 aromatic rings. The summed E-state index contributed by atoms with van der Waals surface area (Å²) in [5.41, 5.74) is 2.97. The Morgan fingerprint density at radius 3 is 2.42 bits per heavy atom. The number of benzene rings is 1.